The number of carboxylic acid groups (broad SMARTS) is 1. The molecule has 5 N–H and O–H groups in total. The minimum atomic E-state index is -2.93. The maximum absolute atomic E-state index is 14.4. The molecule has 0 unspecified atom stereocenters. The summed E-state index contributed by atoms with van der Waals surface area (Å²) in [7, 11) is 0. The summed E-state index contributed by atoms with van der Waals surface area (Å²) in [4.78, 5) is 50.5. The number of aliphatic carboxylic acids is 1. The Kier molecular flexibility index (Phi) is 14.1. The van der Waals surface area contributed by atoms with Crippen LogP contribution in [0.3, 0.4) is 0 Å². The summed E-state index contributed by atoms with van der Waals surface area (Å²) in [6.07, 6.45) is -8.39. The van der Waals surface area contributed by atoms with Crippen LogP contribution in [0.15, 0.2) is 59.2 Å². The third-order valence-electron chi connectivity index (χ3n) is 7.39. The minimum absolute atomic E-state index is 0. The third kappa shape index (κ3) is 9.98. The molecule has 1 aromatic heterocycles. The van der Waals surface area contributed by atoms with Gasteiger partial charge in [0.1, 0.15) is 30.0 Å². The molecule has 0 aliphatic carbocycles. The number of amides is 3. The smallest absolute Gasteiger partial charge is 0.544 e. The van der Waals surface area contributed by atoms with Crippen molar-refractivity contribution in [2.75, 3.05) is 11.9 Å². The van der Waals surface area contributed by atoms with Crippen LogP contribution >= 0.6 is 11.6 Å². The van der Waals surface area contributed by atoms with Gasteiger partial charge in [0, 0.05) is 42.1 Å². The molecule has 1 saturated heterocycles. The maximum Gasteiger partial charge on any atom is 1.00 e. The second kappa shape index (κ2) is 17.4. The standard InChI is InChI=1S/C31H32ClF2N3O11.Na/c1-15-21(10-11-45-15)37-30(44)47-23-12-31(29(42)43,46-14-18-4-3-5-20(33)24(18)34)48-27(25(23)36-16(2)38)26(40)22(39)13-35-28(41)17-6-8-19(32)9-7-17;/h3-11,22-23,25-27,39-40H,12-14H2,1-2H3,(H,35,41)(H,36,38)(H,37,44)(H,42,43);/q;+1/p-1/t22-,23+,25-,26-,27-,31-;/m1./s1. The van der Waals surface area contributed by atoms with E-state index in [1.54, 1.807) is 0 Å². The van der Waals surface area contributed by atoms with Gasteiger partial charge >= 0.3 is 35.7 Å². The number of carboxylic acids is 1. The maximum atomic E-state index is 14.4. The molecule has 3 amide bonds. The van der Waals surface area contributed by atoms with E-state index in [1.807, 2.05) is 0 Å². The Labute approximate surface area is 305 Å². The molecule has 3 aromatic rings. The Morgan fingerprint density at radius 2 is 1.82 bits per heavy atom. The van der Waals surface area contributed by atoms with E-state index >= 15 is 0 Å². The first-order valence-electron chi connectivity index (χ1n) is 14.4. The molecule has 1 fully saturated rings. The van der Waals surface area contributed by atoms with Gasteiger partial charge in [-0.05, 0) is 37.3 Å². The van der Waals surface area contributed by atoms with Crippen molar-refractivity contribution in [3.63, 3.8) is 0 Å². The van der Waals surface area contributed by atoms with Crippen LogP contribution < -0.4 is 50.6 Å². The summed E-state index contributed by atoms with van der Waals surface area (Å²) < 4.78 is 50.1. The zero-order valence-corrected chi connectivity index (χ0v) is 29.2. The molecule has 1 aliphatic heterocycles. The number of furan rings is 1. The Morgan fingerprint density at radius 3 is 2.43 bits per heavy atom. The first kappa shape index (κ1) is 39.8. The number of aliphatic hydroxyl groups is 2. The molecule has 2 aromatic carbocycles. The summed E-state index contributed by atoms with van der Waals surface area (Å²) in [5, 5.41) is 42.4. The number of carbonyl (C=O) groups is 4. The summed E-state index contributed by atoms with van der Waals surface area (Å²) in [6.45, 7) is 1.08. The second-order valence-corrected chi connectivity index (χ2v) is 11.2. The van der Waals surface area contributed by atoms with E-state index in [0.717, 1.165) is 25.1 Å². The molecule has 0 bridgehead atoms. The van der Waals surface area contributed by atoms with Gasteiger partial charge in [-0.3, -0.25) is 14.9 Å². The number of aliphatic hydroxyl groups excluding tert-OH is 2. The van der Waals surface area contributed by atoms with Crippen molar-refractivity contribution in [1.29, 1.82) is 0 Å². The van der Waals surface area contributed by atoms with Crippen molar-refractivity contribution in [3.05, 3.63) is 88.3 Å². The van der Waals surface area contributed by atoms with Crippen LogP contribution in [-0.2, 0) is 30.4 Å². The minimum Gasteiger partial charge on any atom is -0.544 e. The monoisotopic (exact) mass is 717 g/mol. The SMILES string of the molecule is CC(=O)N[C@H]1[C@H]([C@H](O)[C@H](O)CNC(=O)c2ccc(Cl)cc2)O[C@@](OCc2cccc(F)c2F)(C(=O)[O-])C[C@@H]1OC(=O)Nc1ccoc1C.[Na+]. The summed E-state index contributed by atoms with van der Waals surface area (Å²) in [5.41, 5.74) is -0.0705. The van der Waals surface area contributed by atoms with E-state index in [9.17, 15) is 43.3 Å². The number of nitrogens with one attached hydrogen (secondary N) is 3. The van der Waals surface area contributed by atoms with Gasteiger partial charge in [0.05, 0.1) is 30.7 Å². The number of halogens is 3. The van der Waals surface area contributed by atoms with Crippen molar-refractivity contribution in [2.45, 2.75) is 63.1 Å². The number of hydrogen-bond donors (Lipinski definition) is 5. The quantitative estimate of drug-likeness (QED) is 0.137. The Hall–Kier alpha value is -3.61. The zero-order chi connectivity index (χ0) is 35.2. The third-order valence-corrected chi connectivity index (χ3v) is 7.64. The summed E-state index contributed by atoms with van der Waals surface area (Å²) in [6, 6.07) is 8.65. The van der Waals surface area contributed by atoms with E-state index in [4.69, 9.17) is 30.2 Å². The zero-order valence-electron chi connectivity index (χ0n) is 26.4. The molecular weight excluding hydrogens is 687 g/mol. The first-order chi connectivity index (χ1) is 22.7. The second-order valence-electron chi connectivity index (χ2n) is 10.8. The molecule has 0 radical (unpaired) electrons. The van der Waals surface area contributed by atoms with Crippen molar-refractivity contribution >= 4 is 41.2 Å². The molecular formula is C31H31ClF2N3NaO11. The Balaban J connectivity index is 0.00000650. The first-order valence-corrected chi connectivity index (χ1v) is 14.7. The van der Waals surface area contributed by atoms with E-state index in [0.29, 0.717) is 10.8 Å². The number of ether oxygens (including phenoxy) is 3. The summed E-state index contributed by atoms with van der Waals surface area (Å²) in [5.74, 6) is -8.72. The van der Waals surface area contributed by atoms with Gasteiger partial charge in [-0.2, -0.15) is 0 Å². The van der Waals surface area contributed by atoms with Gasteiger partial charge in [0.15, 0.2) is 11.6 Å². The van der Waals surface area contributed by atoms with Crippen LogP contribution in [0.25, 0.3) is 0 Å². The predicted molar refractivity (Wildman–Crippen MR) is 159 cm³/mol. The van der Waals surface area contributed by atoms with Crippen molar-refractivity contribution in [2.24, 2.45) is 0 Å². The number of rotatable bonds is 12. The number of carbonyl (C=O) groups excluding carboxylic acids is 4. The molecule has 1 aliphatic rings. The van der Waals surface area contributed by atoms with Crippen LogP contribution in [0.4, 0.5) is 19.3 Å². The number of benzene rings is 2. The largest absolute Gasteiger partial charge is 1.00 e. The fourth-order valence-electron chi connectivity index (χ4n) is 4.92. The molecule has 6 atom stereocenters. The van der Waals surface area contributed by atoms with Crippen LogP contribution in [0.2, 0.25) is 5.02 Å². The normalized spacial score (nSPS) is 21.4. The molecule has 49 heavy (non-hydrogen) atoms. The van der Waals surface area contributed by atoms with E-state index in [1.165, 1.54) is 43.5 Å². The molecule has 18 heteroatoms. The van der Waals surface area contributed by atoms with Crippen LogP contribution in [0.1, 0.15) is 35.0 Å². The van der Waals surface area contributed by atoms with Crippen molar-refractivity contribution in [1.82, 2.24) is 10.6 Å². The van der Waals surface area contributed by atoms with Gasteiger partial charge in [0.2, 0.25) is 11.7 Å². The molecule has 4 rings (SSSR count). The molecule has 2 heterocycles. The Morgan fingerprint density at radius 1 is 1.12 bits per heavy atom. The van der Waals surface area contributed by atoms with Crippen LogP contribution in [0.5, 0.6) is 0 Å². The Bertz CT molecular complexity index is 1650. The van der Waals surface area contributed by atoms with Crippen LogP contribution in [-0.4, -0.2) is 76.9 Å². The number of hydrogen-bond acceptors (Lipinski definition) is 11. The van der Waals surface area contributed by atoms with Gasteiger partial charge in [0.25, 0.3) is 5.91 Å². The van der Waals surface area contributed by atoms with E-state index < -0.39 is 96.9 Å². The predicted octanol–water partition coefficient (Wildman–Crippen LogP) is -1.45. The fraction of sp³-hybridized carbons (Fsp3) is 0.355. The van der Waals surface area contributed by atoms with E-state index in [2.05, 4.69) is 16.0 Å². The van der Waals surface area contributed by atoms with Gasteiger partial charge in [-0.25, -0.2) is 13.6 Å². The van der Waals surface area contributed by atoms with Crippen molar-refractivity contribution in [3.8, 4) is 0 Å². The van der Waals surface area contributed by atoms with E-state index in [-0.39, 0.29) is 40.8 Å². The number of aryl methyl sites for hydroxylation is 1. The number of anilines is 1. The molecule has 14 nitrogen and oxygen atoms in total. The van der Waals surface area contributed by atoms with Gasteiger partial charge in [-0.1, -0.05) is 23.7 Å². The van der Waals surface area contributed by atoms with Gasteiger partial charge < -0.3 is 49.4 Å². The molecule has 0 spiro atoms. The molecule has 258 valence electrons. The van der Waals surface area contributed by atoms with Crippen molar-refractivity contribution < 1.29 is 91.5 Å². The summed E-state index contributed by atoms with van der Waals surface area (Å²) >= 11 is 5.84. The van der Waals surface area contributed by atoms with Gasteiger partial charge in [-0.15, -0.1) is 0 Å². The van der Waals surface area contributed by atoms with Crippen LogP contribution in [0, 0.1) is 18.6 Å². The topological polar surface area (TPSA) is 209 Å². The fourth-order valence-corrected chi connectivity index (χ4v) is 5.05. The molecule has 0 saturated carbocycles. The average molecular weight is 718 g/mol. The average Bonchev–Trinajstić information content (AvgIpc) is 3.44.